The predicted octanol–water partition coefficient (Wildman–Crippen LogP) is 3.19. The van der Waals surface area contributed by atoms with Crippen LogP contribution in [0.3, 0.4) is 0 Å². The second-order valence-corrected chi connectivity index (χ2v) is 6.96. The number of methoxy groups -OCH3 is 1. The Kier molecular flexibility index (Phi) is 5.25. The van der Waals surface area contributed by atoms with E-state index in [-0.39, 0.29) is 11.7 Å². The van der Waals surface area contributed by atoms with Crippen molar-refractivity contribution in [1.82, 2.24) is 9.55 Å². The van der Waals surface area contributed by atoms with Gasteiger partial charge < -0.3 is 14.2 Å². The van der Waals surface area contributed by atoms with Crippen molar-refractivity contribution in [1.29, 1.82) is 0 Å². The second kappa shape index (κ2) is 7.96. The number of hydrogen-bond donors (Lipinski definition) is 0. The number of rotatable bonds is 6. The molecule has 1 aliphatic carbocycles. The van der Waals surface area contributed by atoms with Gasteiger partial charge in [0.25, 0.3) is 5.56 Å². The van der Waals surface area contributed by atoms with Gasteiger partial charge in [0.1, 0.15) is 12.4 Å². The molecular formula is C21H24N2O4. The van der Waals surface area contributed by atoms with Gasteiger partial charge >= 0.3 is 6.01 Å². The van der Waals surface area contributed by atoms with E-state index in [1.807, 2.05) is 16.7 Å². The van der Waals surface area contributed by atoms with Crippen molar-refractivity contribution in [2.45, 2.75) is 44.9 Å². The maximum atomic E-state index is 11.7. The normalized spacial score (nSPS) is 18.6. The monoisotopic (exact) mass is 368 g/mol. The van der Waals surface area contributed by atoms with E-state index in [1.165, 1.54) is 36.5 Å². The van der Waals surface area contributed by atoms with E-state index in [0.29, 0.717) is 25.8 Å². The van der Waals surface area contributed by atoms with E-state index in [2.05, 4.69) is 23.2 Å². The van der Waals surface area contributed by atoms with E-state index in [1.54, 1.807) is 7.11 Å². The molecule has 0 unspecified atom stereocenters. The van der Waals surface area contributed by atoms with E-state index < -0.39 is 0 Å². The van der Waals surface area contributed by atoms with Crippen LogP contribution in [0, 0.1) is 0 Å². The summed E-state index contributed by atoms with van der Waals surface area (Å²) in [7, 11) is 1.60. The molecular weight excluding hydrogens is 344 g/mol. The fourth-order valence-corrected chi connectivity index (χ4v) is 3.61. The van der Waals surface area contributed by atoms with Crippen molar-refractivity contribution in [2.24, 2.45) is 0 Å². The molecule has 1 aliphatic heterocycles. The largest absolute Gasteiger partial charge is 0.490 e. The van der Waals surface area contributed by atoms with Gasteiger partial charge in [-0.15, -0.1) is 0 Å². The third kappa shape index (κ3) is 4.06. The van der Waals surface area contributed by atoms with Crippen LogP contribution in [0.4, 0.5) is 0 Å². The van der Waals surface area contributed by atoms with E-state index in [9.17, 15) is 4.79 Å². The molecule has 0 fully saturated rings. The lowest BCUT2D eigenvalue weighted by molar-refractivity contribution is 0.143. The van der Waals surface area contributed by atoms with Gasteiger partial charge in [-0.3, -0.25) is 9.36 Å². The molecule has 27 heavy (non-hydrogen) atoms. The summed E-state index contributed by atoms with van der Waals surface area (Å²) in [6, 6.07) is 10.1. The Hall–Kier alpha value is -2.60. The maximum absolute atomic E-state index is 11.7. The van der Waals surface area contributed by atoms with Crippen LogP contribution in [-0.2, 0) is 17.9 Å². The Bertz CT molecular complexity index is 886. The van der Waals surface area contributed by atoms with Gasteiger partial charge in [0.05, 0.1) is 18.8 Å². The van der Waals surface area contributed by atoms with Crippen molar-refractivity contribution < 1.29 is 14.2 Å². The van der Waals surface area contributed by atoms with Crippen molar-refractivity contribution in [3.05, 3.63) is 58.0 Å². The number of fused-ring (bicyclic) bond motifs is 1. The third-order valence-corrected chi connectivity index (χ3v) is 4.98. The summed E-state index contributed by atoms with van der Waals surface area (Å²) in [5.74, 6) is 0.814. The lowest BCUT2D eigenvalue weighted by atomic mass is 9.94. The van der Waals surface area contributed by atoms with Gasteiger partial charge in [-0.05, 0) is 49.0 Å². The van der Waals surface area contributed by atoms with Crippen molar-refractivity contribution in [2.75, 3.05) is 13.7 Å². The molecule has 1 aromatic carbocycles. The van der Waals surface area contributed by atoms with Gasteiger partial charge in [0, 0.05) is 13.2 Å². The minimum atomic E-state index is -0.317. The molecule has 2 aromatic rings. The summed E-state index contributed by atoms with van der Waals surface area (Å²) in [4.78, 5) is 15.6. The molecule has 0 amide bonds. The summed E-state index contributed by atoms with van der Waals surface area (Å²) >= 11 is 0. The number of allylic oxidation sites excluding steroid dienone is 2. The highest BCUT2D eigenvalue weighted by molar-refractivity contribution is 5.66. The molecule has 0 saturated heterocycles. The van der Waals surface area contributed by atoms with Crippen molar-refractivity contribution in [3.8, 4) is 11.8 Å². The first-order chi connectivity index (χ1) is 13.2. The zero-order valence-corrected chi connectivity index (χ0v) is 15.5. The molecule has 1 atom stereocenters. The van der Waals surface area contributed by atoms with Crippen LogP contribution in [0.2, 0.25) is 0 Å². The van der Waals surface area contributed by atoms with Crippen LogP contribution >= 0.6 is 0 Å². The lowest BCUT2D eigenvalue weighted by Crippen LogP contribution is -2.23. The van der Waals surface area contributed by atoms with Crippen LogP contribution in [0.1, 0.15) is 36.9 Å². The Morgan fingerprint density at radius 1 is 1.26 bits per heavy atom. The fourth-order valence-electron chi connectivity index (χ4n) is 3.61. The minimum absolute atomic E-state index is 0.185. The van der Waals surface area contributed by atoms with Crippen molar-refractivity contribution in [3.63, 3.8) is 0 Å². The first-order valence-corrected chi connectivity index (χ1v) is 9.41. The number of aromatic nitrogens is 2. The van der Waals surface area contributed by atoms with Crippen LogP contribution in [-0.4, -0.2) is 29.4 Å². The summed E-state index contributed by atoms with van der Waals surface area (Å²) in [5, 5.41) is 0. The standard InChI is InChI=1S/C21H24N2O4/c1-25-13-17-11-20(24)22-21-23(17)12-19(27-21)14-26-18-9-7-16(8-10-18)15-5-3-2-4-6-15/h5,7-11,19H,2-4,6,12-14H2,1H3/t19-/m0/s1. The van der Waals surface area contributed by atoms with Crippen LogP contribution in [0.25, 0.3) is 5.57 Å². The zero-order valence-electron chi connectivity index (χ0n) is 15.5. The van der Waals surface area contributed by atoms with Crippen LogP contribution in [0.15, 0.2) is 41.2 Å². The third-order valence-electron chi connectivity index (χ3n) is 4.98. The molecule has 0 spiro atoms. The van der Waals surface area contributed by atoms with E-state index in [4.69, 9.17) is 14.2 Å². The highest BCUT2D eigenvalue weighted by Crippen LogP contribution is 2.28. The number of nitrogens with zero attached hydrogens (tertiary/aromatic N) is 2. The average Bonchev–Trinajstić information content (AvgIpc) is 3.11. The number of hydrogen-bond acceptors (Lipinski definition) is 5. The summed E-state index contributed by atoms with van der Waals surface area (Å²) < 4.78 is 18.7. The van der Waals surface area contributed by atoms with Crippen LogP contribution < -0.4 is 15.0 Å². The molecule has 0 N–H and O–H groups in total. The molecule has 0 radical (unpaired) electrons. The molecule has 142 valence electrons. The molecule has 6 heteroatoms. The Morgan fingerprint density at radius 2 is 2.11 bits per heavy atom. The quantitative estimate of drug-likeness (QED) is 0.784. The molecule has 1 aromatic heterocycles. The molecule has 2 heterocycles. The molecule has 0 saturated carbocycles. The van der Waals surface area contributed by atoms with Gasteiger partial charge in [0.15, 0.2) is 6.10 Å². The number of ether oxygens (including phenoxy) is 3. The van der Waals surface area contributed by atoms with Crippen molar-refractivity contribution >= 4 is 5.57 Å². The Labute approximate surface area is 158 Å². The zero-order chi connectivity index (χ0) is 18.6. The van der Waals surface area contributed by atoms with Gasteiger partial charge in [-0.1, -0.05) is 18.2 Å². The molecule has 2 aliphatic rings. The minimum Gasteiger partial charge on any atom is -0.490 e. The molecule has 4 rings (SSSR count). The van der Waals surface area contributed by atoms with E-state index in [0.717, 1.165) is 17.9 Å². The lowest BCUT2D eigenvalue weighted by Gasteiger charge is -2.14. The van der Waals surface area contributed by atoms with Gasteiger partial charge in [0.2, 0.25) is 0 Å². The van der Waals surface area contributed by atoms with Gasteiger partial charge in [-0.25, -0.2) is 0 Å². The highest BCUT2D eigenvalue weighted by atomic mass is 16.6. The SMILES string of the molecule is COCc1cc(=O)nc2n1C[C@@H](COc1ccc(C3=CCCCC3)cc1)O2. The second-order valence-electron chi connectivity index (χ2n) is 6.96. The molecule has 0 bridgehead atoms. The van der Waals surface area contributed by atoms with E-state index >= 15 is 0 Å². The predicted molar refractivity (Wildman–Crippen MR) is 102 cm³/mol. The number of benzene rings is 1. The summed E-state index contributed by atoms with van der Waals surface area (Å²) in [6.07, 6.45) is 7.05. The smallest absolute Gasteiger partial charge is 0.300 e. The van der Waals surface area contributed by atoms with Crippen LogP contribution in [0.5, 0.6) is 11.8 Å². The average molecular weight is 368 g/mol. The molecule has 6 nitrogen and oxygen atoms in total. The highest BCUT2D eigenvalue weighted by Gasteiger charge is 2.26. The maximum Gasteiger partial charge on any atom is 0.300 e. The summed E-state index contributed by atoms with van der Waals surface area (Å²) in [6.45, 7) is 1.33. The topological polar surface area (TPSA) is 62.6 Å². The Morgan fingerprint density at radius 3 is 2.85 bits per heavy atom. The van der Waals surface area contributed by atoms with Gasteiger partial charge in [-0.2, -0.15) is 4.98 Å². The fraction of sp³-hybridized carbons (Fsp3) is 0.429. The summed E-state index contributed by atoms with van der Waals surface area (Å²) in [5.41, 5.74) is 3.16. The first-order valence-electron chi connectivity index (χ1n) is 9.41. The Balaban J connectivity index is 1.37. The first kappa shape index (κ1) is 17.8.